The van der Waals surface area contributed by atoms with Gasteiger partial charge in [0.1, 0.15) is 11.5 Å². The number of nitrogens with zero attached hydrogens (tertiary/aromatic N) is 6. The molecule has 268 valence electrons. The van der Waals surface area contributed by atoms with Gasteiger partial charge in [0.25, 0.3) is 5.56 Å². The fourth-order valence-electron chi connectivity index (χ4n) is 5.90. The van der Waals surface area contributed by atoms with Gasteiger partial charge in [0, 0.05) is 56.9 Å². The summed E-state index contributed by atoms with van der Waals surface area (Å²) in [6.45, 7) is 10.9. The number of alkyl halides is 3. The number of fused-ring (bicyclic) bond motifs is 1. The zero-order chi connectivity index (χ0) is 35.6. The fourth-order valence-corrected chi connectivity index (χ4v) is 5.90. The van der Waals surface area contributed by atoms with E-state index >= 15 is 0 Å². The average Bonchev–Trinajstić information content (AvgIpc) is 3.59. The van der Waals surface area contributed by atoms with E-state index in [1.54, 1.807) is 17.7 Å². The van der Waals surface area contributed by atoms with Gasteiger partial charge in [-0.15, -0.1) is 0 Å². The predicted molar refractivity (Wildman–Crippen MR) is 177 cm³/mol. The third-order valence-corrected chi connectivity index (χ3v) is 8.40. The number of aliphatic carboxylic acids is 1. The van der Waals surface area contributed by atoms with Gasteiger partial charge in [-0.05, 0) is 44.4 Å². The topological polar surface area (TPSA) is 178 Å². The highest BCUT2D eigenvalue weighted by atomic mass is 19.4. The molecule has 0 aromatic carbocycles. The molecule has 3 aromatic heterocycles. The van der Waals surface area contributed by atoms with Crippen LogP contribution < -0.4 is 21.5 Å². The zero-order valence-corrected chi connectivity index (χ0v) is 27.7. The first-order valence-corrected chi connectivity index (χ1v) is 16.2. The van der Waals surface area contributed by atoms with Crippen LogP contribution in [0.5, 0.6) is 0 Å². The molecule has 4 heterocycles. The molecule has 2 aliphatic rings. The van der Waals surface area contributed by atoms with Gasteiger partial charge in [0.2, 0.25) is 5.95 Å². The third kappa shape index (κ3) is 10.2. The molecule has 49 heavy (non-hydrogen) atoms. The van der Waals surface area contributed by atoms with Crippen LogP contribution in [0.1, 0.15) is 54.6 Å². The summed E-state index contributed by atoms with van der Waals surface area (Å²) in [7, 11) is 0. The number of pyridine rings is 2. The van der Waals surface area contributed by atoms with Gasteiger partial charge in [-0.1, -0.05) is 12.8 Å². The molecular weight excluding hydrogens is 649 g/mol. The first-order chi connectivity index (χ1) is 23.4. The maximum absolute atomic E-state index is 13.4. The van der Waals surface area contributed by atoms with E-state index in [4.69, 9.17) is 30.1 Å². The molecule has 5 rings (SSSR count). The number of aryl methyl sites for hydroxylation is 1. The molecule has 4 N–H and O–H groups in total. The van der Waals surface area contributed by atoms with Gasteiger partial charge in [-0.25, -0.2) is 14.8 Å². The van der Waals surface area contributed by atoms with E-state index in [-0.39, 0.29) is 22.9 Å². The van der Waals surface area contributed by atoms with Crippen molar-refractivity contribution in [2.45, 2.75) is 51.7 Å². The fraction of sp³-hybridized carbons (Fsp3) is 0.562. The van der Waals surface area contributed by atoms with Crippen molar-refractivity contribution in [3.63, 3.8) is 0 Å². The minimum absolute atomic E-state index is 0.0351. The highest BCUT2D eigenvalue weighted by molar-refractivity contribution is 5.99. The monoisotopic (exact) mass is 692 g/mol. The number of carbonyl (C=O) groups excluding carboxylic acids is 1. The molecular formula is C32H43F3N8O6. The van der Waals surface area contributed by atoms with Crippen LogP contribution in [0.2, 0.25) is 0 Å². The molecule has 1 saturated carbocycles. The van der Waals surface area contributed by atoms with Crippen LogP contribution >= 0.6 is 0 Å². The lowest BCUT2D eigenvalue weighted by molar-refractivity contribution is -0.192. The number of ether oxygens (including phenoxy) is 2. The second-order valence-electron chi connectivity index (χ2n) is 11.8. The van der Waals surface area contributed by atoms with Crippen molar-refractivity contribution >= 4 is 40.2 Å². The summed E-state index contributed by atoms with van der Waals surface area (Å²) in [6, 6.07) is 4.01. The minimum atomic E-state index is -5.08. The molecule has 0 amide bonds. The number of piperazine rings is 1. The predicted octanol–water partition coefficient (Wildman–Crippen LogP) is 3.30. The first kappa shape index (κ1) is 37.6. The Morgan fingerprint density at radius 1 is 1.02 bits per heavy atom. The molecule has 17 heteroatoms. The van der Waals surface area contributed by atoms with Crippen molar-refractivity contribution in [2.75, 3.05) is 75.9 Å². The number of halogens is 3. The van der Waals surface area contributed by atoms with Crippen LogP contribution in [-0.2, 0) is 14.3 Å². The summed E-state index contributed by atoms with van der Waals surface area (Å²) in [6.07, 6.45) is 2.40. The second-order valence-corrected chi connectivity index (χ2v) is 11.8. The Hall–Kier alpha value is -4.19. The third-order valence-electron chi connectivity index (χ3n) is 8.40. The smallest absolute Gasteiger partial charge is 0.475 e. The Balaban J connectivity index is 0.000000698. The molecule has 1 aliphatic carbocycles. The number of anilines is 3. The van der Waals surface area contributed by atoms with E-state index in [2.05, 4.69) is 25.1 Å². The van der Waals surface area contributed by atoms with Crippen molar-refractivity contribution in [1.82, 2.24) is 24.4 Å². The van der Waals surface area contributed by atoms with E-state index in [0.717, 1.165) is 69.5 Å². The summed E-state index contributed by atoms with van der Waals surface area (Å²) >= 11 is 0. The Kier molecular flexibility index (Phi) is 13.4. The van der Waals surface area contributed by atoms with Crippen molar-refractivity contribution in [3.05, 3.63) is 46.0 Å². The highest BCUT2D eigenvalue weighted by Crippen LogP contribution is 2.32. The number of aromatic nitrogens is 4. The molecule has 0 spiro atoms. The van der Waals surface area contributed by atoms with Gasteiger partial charge < -0.3 is 30.5 Å². The first-order valence-electron chi connectivity index (χ1n) is 16.2. The molecule has 0 bridgehead atoms. The lowest BCUT2D eigenvalue weighted by Crippen LogP contribution is -2.47. The SMILES string of the molecule is CC(=O)c1c(C)c2cnc(Nc3ccc(N4CCN(CCOCCOCCN)CC4)cn3)nc2n(C2CCCC2)c1=O.O=C(O)C(F)(F)F. The van der Waals surface area contributed by atoms with Gasteiger partial charge >= 0.3 is 12.1 Å². The molecule has 0 radical (unpaired) electrons. The second kappa shape index (κ2) is 17.5. The molecule has 0 unspecified atom stereocenters. The van der Waals surface area contributed by atoms with Gasteiger partial charge in [-0.2, -0.15) is 18.2 Å². The summed E-state index contributed by atoms with van der Waals surface area (Å²) < 4.78 is 44.4. The molecule has 3 aromatic rings. The maximum atomic E-state index is 13.4. The molecule has 1 aliphatic heterocycles. The Morgan fingerprint density at radius 2 is 1.67 bits per heavy atom. The Bertz CT molecular complexity index is 1620. The standard InChI is InChI=1S/C30H42N8O4.C2HF3O2/c1-21-25-20-33-30(35-28(25)38(23-5-3-4-6-23)29(40)27(21)22(2)39)34-26-8-7-24(19-32-26)37-12-10-36(11-13-37)14-16-42-18-17-41-15-9-31;3-2(4,5)1(6)7/h7-8,19-20,23H,3-6,9-18,31H2,1-2H3,(H,32,33,34,35);(H,6,7). The Labute approximate surface area is 281 Å². The van der Waals surface area contributed by atoms with Gasteiger partial charge in [0.05, 0.1) is 43.9 Å². The summed E-state index contributed by atoms with van der Waals surface area (Å²) in [5, 5.41) is 11.1. The van der Waals surface area contributed by atoms with Gasteiger partial charge in [0.15, 0.2) is 5.78 Å². The summed E-state index contributed by atoms with van der Waals surface area (Å²) in [4.78, 5) is 53.3. The van der Waals surface area contributed by atoms with Crippen LogP contribution in [-0.4, -0.2) is 113 Å². The number of hydrogen-bond donors (Lipinski definition) is 3. The maximum Gasteiger partial charge on any atom is 0.490 e. The number of carbonyl (C=O) groups is 2. The van der Waals surface area contributed by atoms with E-state index in [1.807, 2.05) is 18.3 Å². The van der Waals surface area contributed by atoms with Crippen LogP contribution in [0.25, 0.3) is 11.0 Å². The highest BCUT2D eigenvalue weighted by Gasteiger charge is 2.38. The number of nitrogens with one attached hydrogen (secondary N) is 1. The van der Waals surface area contributed by atoms with Crippen LogP contribution in [0.4, 0.5) is 30.6 Å². The number of hydrogen-bond acceptors (Lipinski definition) is 12. The lowest BCUT2D eigenvalue weighted by Gasteiger charge is -2.35. The van der Waals surface area contributed by atoms with Crippen LogP contribution in [0.3, 0.4) is 0 Å². The summed E-state index contributed by atoms with van der Waals surface area (Å²) in [5.41, 5.74) is 7.64. The molecule has 1 saturated heterocycles. The van der Waals surface area contributed by atoms with Crippen molar-refractivity contribution in [1.29, 1.82) is 0 Å². The lowest BCUT2D eigenvalue weighted by atomic mass is 10.0. The number of carboxylic acids is 1. The van der Waals surface area contributed by atoms with Crippen molar-refractivity contribution in [2.24, 2.45) is 5.73 Å². The number of carboxylic acid groups (broad SMARTS) is 1. The van der Waals surface area contributed by atoms with E-state index in [1.165, 1.54) is 6.92 Å². The average molecular weight is 693 g/mol. The number of rotatable bonds is 13. The van der Waals surface area contributed by atoms with Crippen molar-refractivity contribution < 1.29 is 37.3 Å². The van der Waals surface area contributed by atoms with Crippen LogP contribution in [0, 0.1) is 6.92 Å². The summed E-state index contributed by atoms with van der Waals surface area (Å²) in [5.74, 6) is -2.00. The molecule has 0 atom stereocenters. The van der Waals surface area contributed by atoms with Gasteiger partial charge in [-0.3, -0.25) is 19.1 Å². The normalized spacial score (nSPS) is 15.7. The number of Topliss-reactive ketones (excluding diaryl/α,β-unsaturated/α-hetero) is 1. The number of nitrogens with two attached hydrogens (primary N) is 1. The Morgan fingerprint density at radius 3 is 2.24 bits per heavy atom. The quantitative estimate of drug-likeness (QED) is 0.176. The van der Waals surface area contributed by atoms with E-state index in [9.17, 15) is 22.8 Å². The molecule has 2 fully saturated rings. The van der Waals surface area contributed by atoms with Crippen molar-refractivity contribution in [3.8, 4) is 0 Å². The largest absolute Gasteiger partial charge is 0.490 e. The van der Waals surface area contributed by atoms with Crippen LogP contribution in [0.15, 0.2) is 29.3 Å². The van der Waals surface area contributed by atoms with E-state index < -0.39 is 12.1 Å². The zero-order valence-electron chi connectivity index (χ0n) is 27.7. The molecule has 14 nitrogen and oxygen atoms in total. The van der Waals surface area contributed by atoms with E-state index in [0.29, 0.717) is 55.9 Å². The number of ketones is 1. The minimum Gasteiger partial charge on any atom is -0.475 e.